The average molecular weight is 447 g/mol. The summed E-state index contributed by atoms with van der Waals surface area (Å²) in [4.78, 5) is 38.6. The topological polar surface area (TPSA) is 78.5 Å². The van der Waals surface area contributed by atoms with Crippen LogP contribution < -0.4 is 10.6 Å². The van der Waals surface area contributed by atoms with Crippen molar-refractivity contribution in [3.8, 4) is 0 Å². The average Bonchev–Trinajstić information content (AvgIpc) is 2.98. The summed E-state index contributed by atoms with van der Waals surface area (Å²) in [6.07, 6.45) is -5.27. The maximum atomic E-state index is 14.1. The van der Waals surface area contributed by atoms with Gasteiger partial charge in [-0.05, 0) is 35.6 Å². The number of carbonyl (C=O) groups is 3. The van der Waals surface area contributed by atoms with Crippen molar-refractivity contribution in [2.24, 2.45) is 0 Å². The van der Waals surface area contributed by atoms with Gasteiger partial charge in [-0.2, -0.15) is 13.2 Å². The van der Waals surface area contributed by atoms with E-state index in [0.717, 1.165) is 5.56 Å². The first kappa shape index (κ1) is 23.3. The summed E-state index contributed by atoms with van der Waals surface area (Å²) in [7, 11) is 0. The van der Waals surface area contributed by atoms with Crippen molar-refractivity contribution in [1.82, 2.24) is 15.5 Å². The zero-order valence-corrected chi connectivity index (χ0v) is 18.1. The van der Waals surface area contributed by atoms with E-state index in [9.17, 15) is 27.6 Å². The maximum Gasteiger partial charge on any atom is 0.440 e. The minimum absolute atomic E-state index is 0.0711. The Bertz CT molecular complexity index is 1030. The van der Waals surface area contributed by atoms with Gasteiger partial charge in [0.25, 0.3) is 17.5 Å². The predicted octanol–water partition coefficient (Wildman–Crippen LogP) is 4.29. The van der Waals surface area contributed by atoms with Gasteiger partial charge in [0.05, 0.1) is 6.04 Å². The van der Waals surface area contributed by atoms with Crippen molar-refractivity contribution >= 4 is 17.8 Å². The summed E-state index contributed by atoms with van der Waals surface area (Å²) in [5, 5.41) is 3.41. The van der Waals surface area contributed by atoms with Crippen LogP contribution in [0.15, 0.2) is 54.6 Å². The van der Waals surface area contributed by atoms with Crippen molar-refractivity contribution in [2.75, 3.05) is 0 Å². The summed E-state index contributed by atoms with van der Waals surface area (Å²) in [6.45, 7) is 7.30. The second-order valence-corrected chi connectivity index (χ2v) is 8.72. The molecule has 0 aromatic heterocycles. The summed E-state index contributed by atoms with van der Waals surface area (Å²) >= 11 is 0. The Morgan fingerprint density at radius 3 is 2.06 bits per heavy atom. The standard InChI is InChI=1S/C23H24F3N3O3/c1-14(15-8-6-5-7-9-15)29-19(31)22(23(24,25)26,28-20(29)32)27-18(30)16-10-12-17(13-11-16)21(2,3)4/h5-14H,1-4H3,(H,27,30)(H,28,32). The molecule has 0 spiro atoms. The molecule has 1 fully saturated rings. The Kier molecular flexibility index (Phi) is 5.80. The van der Waals surface area contributed by atoms with Crippen molar-refractivity contribution in [1.29, 1.82) is 0 Å². The molecule has 1 aliphatic heterocycles. The molecular weight excluding hydrogens is 423 g/mol. The van der Waals surface area contributed by atoms with Crippen LogP contribution in [-0.2, 0) is 10.2 Å². The van der Waals surface area contributed by atoms with Gasteiger partial charge < -0.3 is 5.32 Å². The number of urea groups is 1. The molecule has 1 heterocycles. The number of nitrogens with one attached hydrogen (secondary N) is 2. The van der Waals surface area contributed by atoms with E-state index < -0.39 is 35.7 Å². The second-order valence-electron chi connectivity index (χ2n) is 8.72. The normalized spacial score (nSPS) is 20.2. The van der Waals surface area contributed by atoms with E-state index in [1.807, 2.05) is 20.8 Å². The molecule has 2 unspecified atom stereocenters. The van der Waals surface area contributed by atoms with Crippen LogP contribution in [0, 0.1) is 0 Å². The van der Waals surface area contributed by atoms with Gasteiger partial charge >= 0.3 is 12.2 Å². The number of amides is 4. The van der Waals surface area contributed by atoms with Crippen LogP contribution >= 0.6 is 0 Å². The lowest BCUT2D eigenvalue weighted by atomic mass is 9.86. The minimum atomic E-state index is -5.27. The Morgan fingerprint density at radius 1 is 1.00 bits per heavy atom. The lowest BCUT2D eigenvalue weighted by Crippen LogP contribution is -2.69. The quantitative estimate of drug-likeness (QED) is 0.687. The summed E-state index contributed by atoms with van der Waals surface area (Å²) < 4.78 is 42.3. The number of imide groups is 1. The molecule has 2 aromatic carbocycles. The van der Waals surface area contributed by atoms with Gasteiger partial charge in [-0.1, -0.05) is 63.2 Å². The third kappa shape index (κ3) is 4.06. The van der Waals surface area contributed by atoms with Gasteiger partial charge in [0.2, 0.25) is 0 Å². The van der Waals surface area contributed by atoms with E-state index in [2.05, 4.69) is 0 Å². The predicted molar refractivity (Wildman–Crippen MR) is 112 cm³/mol. The number of benzene rings is 2. The fourth-order valence-electron chi connectivity index (χ4n) is 3.49. The lowest BCUT2D eigenvalue weighted by molar-refractivity contribution is -0.200. The molecule has 6 nitrogen and oxygen atoms in total. The van der Waals surface area contributed by atoms with E-state index in [-0.39, 0.29) is 11.0 Å². The van der Waals surface area contributed by atoms with Gasteiger partial charge in [0.1, 0.15) is 0 Å². The Morgan fingerprint density at radius 2 is 1.56 bits per heavy atom. The molecule has 3 rings (SSSR count). The summed E-state index contributed by atoms with van der Waals surface area (Å²) in [5.74, 6) is -2.73. The summed E-state index contributed by atoms with van der Waals surface area (Å²) in [5.41, 5.74) is -2.50. The van der Waals surface area contributed by atoms with E-state index in [1.54, 1.807) is 53.1 Å². The fraction of sp³-hybridized carbons (Fsp3) is 0.348. The highest BCUT2D eigenvalue weighted by Crippen LogP contribution is 2.37. The fourth-order valence-corrected chi connectivity index (χ4v) is 3.49. The number of nitrogens with zero attached hydrogens (tertiary/aromatic N) is 1. The molecule has 1 saturated heterocycles. The molecule has 4 amide bonds. The molecule has 0 aliphatic carbocycles. The van der Waals surface area contributed by atoms with Crippen LogP contribution in [0.5, 0.6) is 0 Å². The Balaban J connectivity index is 1.93. The zero-order valence-electron chi connectivity index (χ0n) is 18.1. The molecular formula is C23H24F3N3O3. The number of rotatable bonds is 4. The van der Waals surface area contributed by atoms with E-state index in [1.165, 1.54) is 19.1 Å². The van der Waals surface area contributed by atoms with Crippen LogP contribution in [0.2, 0.25) is 0 Å². The van der Waals surface area contributed by atoms with Gasteiger partial charge in [0, 0.05) is 5.56 Å². The highest BCUT2D eigenvalue weighted by molar-refractivity contribution is 6.10. The highest BCUT2D eigenvalue weighted by Gasteiger charge is 2.69. The van der Waals surface area contributed by atoms with Crippen LogP contribution in [-0.4, -0.2) is 34.6 Å². The lowest BCUT2D eigenvalue weighted by Gasteiger charge is -2.30. The van der Waals surface area contributed by atoms with E-state index >= 15 is 0 Å². The van der Waals surface area contributed by atoms with E-state index in [0.29, 0.717) is 10.5 Å². The first-order valence-corrected chi connectivity index (χ1v) is 9.98. The van der Waals surface area contributed by atoms with Crippen LogP contribution in [0.3, 0.4) is 0 Å². The van der Waals surface area contributed by atoms with Crippen molar-refractivity contribution in [3.63, 3.8) is 0 Å². The molecule has 170 valence electrons. The summed E-state index contributed by atoms with van der Waals surface area (Å²) in [6, 6.07) is 12.0. The number of hydrogen-bond acceptors (Lipinski definition) is 3. The number of alkyl halides is 3. The van der Waals surface area contributed by atoms with E-state index in [4.69, 9.17) is 0 Å². The third-order valence-corrected chi connectivity index (χ3v) is 5.46. The Labute approximate surface area is 183 Å². The van der Waals surface area contributed by atoms with Gasteiger partial charge in [0.15, 0.2) is 0 Å². The number of carbonyl (C=O) groups excluding carboxylic acids is 3. The second kappa shape index (κ2) is 7.96. The third-order valence-electron chi connectivity index (χ3n) is 5.46. The van der Waals surface area contributed by atoms with Crippen molar-refractivity contribution < 1.29 is 27.6 Å². The van der Waals surface area contributed by atoms with Crippen molar-refractivity contribution in [2.45, 2.75) is 51.0 Å². The van der Waals surface area contributed by atoms with Gasteiger partial charge in [-0.3, -0.25) is 19.8 Å². The largest absolute Gasteiger partial charge is 0.440 e. The molecule has 32 heavy (non-hydrogen) atoms. The molecule has 2 N–H and O–H groups in total. The number of hydrogen-bond donors (Lipinski definition) is 2. The smallest absolute Gasteiger partial charge is 0.314 e. The molecule has 2 aromatic rings. The molecule has 9 heteroatoms. The highest BCUT2D eigenvalue weighted by atomic mass is 19.4. The Hall–Kier alpha value is -3.36. The molecule has 0 saturated carbocycles. The van der Waals surface area contributed by atoms with Crippen LogP contribution in [0.25, 0.3) is 0 Å². The van der Waals surface area contributed by atoms with Crippen LogP contribution in [0.4, 0.5) is 18.0 Å². The monoisotopic (exact) mass is 447 g/mol. The SMILES string of the molecule is CC(c1ccccc1)N1C(=O)NC(NC(=O)c2ccc(C(C)(C)C)cc2)(C(F)(F)F)C1=O. The molecule has 0 bridgehead atoms. The minimum Gasteiger partial charge on any atom is -0.314 e. The maximum absolute atomic E-state index is 14.1. The van der Waals surface area contributed by atoms with Gasteiger partial charge in [-0.15, -0.1) is 0 Å². The molecule has 1 aliphatic rings. The molecule has 2 atom stereocenters. The first-order valence-electron chi connectivity index (χ1n) is 9.98. The molecule has 0 radical (unpaired) electrons. The van der Waals surface area contributed by atoms with Gasteiger partial charge in [-0.25, -0.2) is 4.79 Å². The zero-order chi connectivity index (χ0) is 23.9. The van der Waals surface area contributed by atoms with Crippen molar-refractivity contribution in [3.05, 3.63) is 71.3 Å². The number of halogens is 3. The first-order chi connectivity index (χ1) is 14.8. The van der Waals surface area contributed by atoms with Crippen LogP contribution in [0.1, 0.15) is 55.2 Å².